The van der Waals surface area contributed by atoms with E-state index in [-0.39, 0.29) is 51.5 Å². The first-order valence-corrected chi connectivity index (χ1v) is 14.3. The minimum Gasteiger partial charge on any atom is -0.393 e. The smallest absolute Gasteiger partial charge is 0.0865 e. The van der Waals surface area contributed by atoms with E-state index in [9.17, 15) is 15.3 Å². The van der Waals surface area contributed by atoms with E-state index in [1.54, 1.807) is 0 Å². The van der Waals surface area contributed by atoms with Gasteiger partial charge >= 0.3 is 0 Å². The average Bonchev–Trinajstić information content (AvgIpc) is 3.30. The largest absolute Gasteiger partial charge is 0.393 e. The van der Waals surface area contributed by atoms with Gasteiger partial charge in [0.2, 0.25) is 0 Å². The van der Waals surface area contributed by atoms with Crippen LogP contribution in [0.1, 0.15) is 113 Å². The van der Waals surface area contributed by atoms with Crippen molar-refractivity contribution in [1.29, 1.82) is 0 Å². The quantitative estimate of drug-likeness (QED) is 0.477. The van der Waals surface area contributed by atoms with E-state index in [2.05, 4.69) is 41.5 Å². The Morgan fingerprint density at radius 3 is 2.03 bits per heavy atom. The highest BCUT2D eigenvalue weighted by atomic mass is 16.5. The zero-order valence-electron chi connectivity index (χ0n) is 23.2. The Bertz CT molecular complexity index is 817. The number of hydrogen-bond acceptors (Lipinski definition) is 4. The summed E-state index contributed by atoms with van der Waals surface area (Å²) in [7, 11) is 0. The van der Waals surface area contributed by atoms with Crippen LogP contribution in [0.15, 0.2) is 0 Å². The number of ether oxygens (including phenoxy) is 1. The van der Waals surface area contributed by atoms with Crippen LogP contribution < -0.4 is 0 Å². The molecule has 0 aromatic rings. The van der Waals surface area contributed by atoms with Gasteiger partial charge in [0, 0.05) is 0 Å². The Morgan fingerprint density at radius 1 is 0.765 bits per heavy atom. The van der Waals surface area contributed by atoms with Crippen LogP contribution in [0.4, 0.5) is 0 Å². The van der Waals surface area contributed by atoms with Gasteiger partial charge < -0.3 is 20.1 Å². The molecule has 5 aliphatic rings. The highest BCUT2D eigenvalue weighted by molar-refractivity contribution is 5.20. The minimum atomic E-state index is -0.826. The second kappa shape index (κ2) is 7.45. The topological polar surface area (TPSA) is 69.9 Å². The van der Waals surface area contributed by atoms with E-state index < -0.39 is 5.60 Å². The van der Waals surface area contributed by atoms with Crippen LogP contribution >= 0.6 is 0 Å². The fourth-order valence-corrected chi connectivity index (χ4v) is 11.1. The van der Waals surface area contributed by atoms with Gasteiger partial charge in [-0.25, -0.2) is 0 Å². The Kier molecular flexibility index (Phi) is 5.59. The number of rotatable bonds is 2. The van der Waals surface area contributed by atoms with Crippen molar-refractivity contribution in [2.75, 3.05) is 0 Å². The fraction of sp³-hybridized carbons (Fsp3) is 1.00. The highest BCUT2D eigenvalue weighted by Gasteiger charge is 2.71. The zero-order chi connectivity index (χ0) is 25.1. The first-order chi connectivity index (χ1) is 15.5. The Hall–Kier alpha value is -0.160. The highest BCUT2D eigenvalue weighted by Crippen LogP contribution is 2.76. The van der Waals surface area contributed by atoms with E-state index in [0.717, 1.165) is 44.9 Å². The molecule has 11 atom stereocenters. The molecule has 0 aromatic carbocycles. The summed E-state index contributed by atoms with van der Waals surface area (Å²) < 4.78 is 6.66. The van der Waals surface area contributed by atoms with Crippen LogP contribution in [0.3, 0.4) is 0 Å². The molecule has 34 heavy (non-hydrogen) atoms. The van der Waals surface area contributed by atoms with Gasteiger partial charge in [0.1, 0.15) is 0 Å². The number of hydrogen-bond donors (Lipinski definition) is 3. The summed E-state index contributed by atoms with van der Waals surface area (Å²) in [6.07, 6.45) is 8.72. The molecule has 1 unspecified atom stereocenters. The first kappa shape index (κ1) is 25.5. The van der Waals surface area contributed by atoms with Gasteiger partial charge in [-0.2, -0.15) is 0 Å². The summed E-state index contributed by atoms with van der Waals surface area (Å²) in [5.74, 6) is 1.59. The van der Waals surface area contributed by atoms with Gasteiger partial charge in [-0.15, -0.1) is 0 Å². The van der Waals surface area contributed by atoms with Crippen LogP contribution in [0, 0.1) is 45.3 Å². The number of aliphatic hydroxyl groups excluding tert-OH is 2. The summed E-state index contributed by atoms with van der Waals surface area (Å²) >= 11 is 0. The fourth-order valence-electron chi connectivity index (χ4n) is 11.1. The lowest BCUT2D eigenvalue weighted by Gasteiger charge is -2.70. The van der Waals surface area contributed by atoms with E-state index in [4.69, 9.17) is 4.74 Å². The van der Waals surface area contributed by atoms with Gasteiger partial charge in [-0.05, 0) is 124 Å². The summed E-state index contributed by atoms with van der Waals surface area (Å²) in [4.78, 5) is 0. The lowest BCUT2D eigenvalue weighted by atomic mass is 9.35. The Labute approximate surface area is 208 Å². The summed E-state index contributed by atoms with van der Waals surface area (Å²) in [5, 5.41) is 33.4. The molecule has 0 radical (unpaired) electrons. The second-order valence-electron chi connectivity index (χ2n) is 15.4. The zero-order valence-corrected chi connectivity index (χ0v) is 23.2. The normalized spacial score (nSPS) is 57.1. The summed E-state index contributed by atoms with van der Waals surface area (Å²) in [6.45, 7) is 18.1. The van der Waals surface area contributed by atoms with Gasteiger partial charge in [0.15, 0.2) is 0 Å². The molecule has 4 aliphatic carbocycles. The van der Waals surface area contributed by atoms with Crippen LogP contribution in [-0.4, -0.2) is 44.8 Å². The maximum atomic E-state index is 11.9. The van der Waals surface area contributed by atoms with Crippen molar-refractivity contribution in [3.8, 4) is 0 Å². The van der Waals surface area contributed by atoms with E-state index in [1.807, 2.05) is 13.8 Å². The van der Waals surface area contributed by atoms with Crippen molar-refractivity contribution < 1.29 is 20.1 Å². The van der Waals surface area contributed by atoms with Crippen LogP contribution in [0.25, 0.3) is 0 Å². The standard InChI is InChI=1S/C30H52O4/c1-25(2)20-10-15-28(6)21(27(20,5)13-11-22(25)32)17-19(31)24-18(9-14-29(24,28)7)30(8)16-12-23(34-30)26(3,4)33/h18-24,31-33H,9-17H2,1-8H3/t18-,19+,20-,21+,22-,23?,24-,27-,28+,29+,30+/m0/s1. The first-order valence-electron chi connectivity index (χ1n) is 14.3. The molecular weight excluding hydrogens is 424 g/mol. The Morgan fingerprint density at radius 2 is 1.41 bits per heavy atom. The molecule has 4 heteroatoms. The van der Waals surface area contributed by atoms with Crippen molar-refractivity contribution in [1.82, 2.24) is 0 Å². The van der Waals surface area contributed by atoms with Gasteiger partial charge in [-0.3, -0.25) is 0 Å². The molecule has 0 spiro atoms. The lowest BCUT2D eigenvalue weighted by molar-refractivity contribution is -0.248. The predicted molar refractivity (Wildman–Crippen MR) is 135 cm³/mol. The van der Waals surface area contributed by atoms with Crippen LogP contribution in [0.5, 0.6) is 0 Å². The molecule has 4 nitrogen and oxygen atoms in total. The van der Waals surface area contributed by atoms with Crippen molar-refractivity contribution in [3.05, 3.63) is 0 Å². The summed E-state index contributed by atoms with van der Waals surface area (Å²) in [5.41, 5.74) is -0.703. The maximum absolute atomic E-state index is 11.9. The van der Waals surface area contributed by atoms with Crippen molar-refractivity contribution in [3.63, 3.8) is 0 Å². The molecule has 3 N–H and O–H groups in total. The molecule has 5 rings (SSSR count). The summed E-state index contributed by atoms with van der Waals surface area (Å²) in [6, 6.07) is 0. The van der Waals surface area contributed by atoms with Crippen molar-refractivity contribution >= 4 is 0 Å². The molecule has 1 heterocycles. The van der Waals surface area contributed by atoms with E-state index in [0.29, 0.717) is 17.8 Å². The van der Waals surface area contributed by atoms with E-state index in [1.165, 1.54) is 12.8 Å². The molecular formula is C30H52O4. The molecule has 0 bridgehead atoms. The third kappa shape index (κ3) is 3.16. The molecule has 1 aliphatic heterocycles. The van der Waals surface area contributed by atoms with Gasteiger partial charge in [0.25, 0.3) is 0 Å². The molecule has 0 aromatic heterocycles. The molecule has 196 valence electrons. The van der Waals surface area contributed by atoms with Gasteiger partial charge in [0.05, 0.1) is 29.5 Å². The predicted octanol–water partition coefficient (Wildman–Crippen LogP) is 5.71. The molecule has 4 saturated carbocycles. The molecule has 0 amide bonds. The second-order valence-corrected chi connectivity index (χ2v) is 15.4. The third-order valence-corrected chi connectivity index (χ3v) is 13.3. The lowest BCUT2D eigenvalue weighted by Crippen LogP contribution is -2.66. The van der Waals surface area contributed by atoms with Crippen molar-refractivity contribution in [2.24, 2.45) is 45.3 Å². The Balaban J connectivity index is 1.48. The van der Waals surface area contributed by atoms with Gasteiger partial charge in [-0.1, -0.05) is 34.6 Å². The molecule has 1 saturated heterocycles. The number of aliphatic hydroxyl groups is 3. The monoisotopic (exact) mass is 476 g/mol. The molecule has 5 fully saturated rings. The number of fused-ring (bicyclic) bond motifs is 5. The van der Waals surface area contributed by atoms with Crippen LogP contribution in [0.2, 0.25) is 0 Å². The maximum Gasteiger partial charge on any atom is 0.0865 e. The van der Waals surface area contributed by atoms with E-state index >= 15 is 0 Å². The average molecular weight is 477 g/mol. The van der Waals surface area contributed by atoms with Crippen molar-refractivity contribution in [2.45, 2.75) is 143 Å². The van der Waals surface area contributed by atoms with Crippen LogP contribution in [-0.2, 0) is 4.74 Å². The SMILES string of the molecule is CC(C)(O)C1CC[C@](C)([C@H]2CC[C@]3(C)[C@@H]2[C@H](O)C[C@@H]2[C@@]4(C)CC[C@H](O)C(C)(C)[C@@H]4CC[C@]23C)O1. The minimum absolute atomic E-state index is 0.0630. The third-order valence-electron chi connectivity index (χ3n) is 13.3.